The van der Waals surface area contributed by atoms with Gasteiger partial charge in [0.05, 0.1) is 25.1 Å². The molecule has 1 aromatic rings. The van der Waals surface area contributed by atoms with Gasteiger partial charge in [-0.3, -0.25) is 0 Å². The number of aromatic nitrogens is 1. The van der Waals surface area contributed by atoms with Gasteiger partial charge in [0.15, 0.2) is 0 Å². The van der Waals surface area contributed by atoms with Crippen LogP contribution >= 0.6 is 0 Å². The maximum atomic E-state index is 10.9. The van der Waals surface area contributed by atoms with E-state index < -0.39 is 12.0 Å². The molecular formula is C13H19N3O3. The van der Waals surface area contributed by atoms with Crippen LogP contribution in [-0.4, -0.2) is 48.4 Å². The molecule has 19 heavy (non-hydrogen) atoms. The molecule has 0 saturated carbocycles. The summed E-state index contributed by atoms with van der Waals surface area (Å²) >= 11 is 0. The highest BCUT2D eigenvalue weighted by Gasteiger charge is 2.15. The summed E-state index contributed by atoms with van der Waals surface area (Å²) in [6.07, 6.45) is 2.21. The highest BCUT2D eigenvalue weighted by molar-refractivity contribution is 5.77. The Hall–Kier alpha value is -1.82. The van der Waals surface area contributed by atoms with Gasteiger partial charge in [-0.05, 0) is 18.6 Å². The van der Waals surface area contributed by atoms with Crippen molar-refractivity contribution in [3.8, 4) is 0 Å². The SMILES string of the molecule is CCC(Nc1ccc(N2CCOCC2)nc1)C(=O)O. The second-order valence-corrected chi connectivity index (χ2v) is 4.45. The van der Waals surface area contributed by atoms with E-state index in [2.05, 4.69) is 15.2 Å². The van der Waals surface area contributed by atoms with Crippen molar-refractivity contribution in [2.45, 2.75) is 19.4 Å². The highest BCUT2D eigenvalue weighted by atomic mass is 16.5. The summed E-state index contributed by atoms with van der Waals surface area (Å²) in [6.45, 7) is 4.96. The number of hydrogen-bond donors (Lipinski definition) is 2. The summed E-state index contributed by atoms with van der Waals surface area (Å²) in [4.78, 5) is 17.5. The van der Waals surface area contributed by atoms with E-state index in [1.54, 1.807) is 6.20 Å². The predicted octanol–water partition coefficient (Wildman–Crippen LogP) is 1.19. The first-order valence-corrected chi connectivity index (χ1v) is 6.49. The van der Waals surface area contributed by atoms with Crippen LogP contribution in [0.4, 0.5) is 11.5 Å². The average molecular weight is 265 g/mol. The van der Waals surface area contributed by atoms with Crippen molar-refractivity contribution in [3.63, 3.8) is 0 Å². The molecule has 104 valence electrons. The number of pyridine rings is 1. The summed E-state index contributed by atoms with van der Waals surface area (Å²) in [5.41, 5.74) is 0.728. The Kier molecular flexibility index (Phi) is 4.57. The van der Waals surface area contributed by atoms with Crippen LogP contribution in [0.15, 0.2) is 18.3 Å². The Bertz CT molecular complexity index is 416. The van der Waals surface area contributed by atoms with E-state index in [0.717, 1.165) is 37.8 Å². The number of hydrogen-bond acceptors (Lipinski definition) is 5. The number of carbonyl (C=O) groups is 1. The molecule has 1 aliphatic rings. The lowest BCUT2D eigenvalue weighted by Crippen LogP contribution is -2.36. The van der Waals surface area contributed by atoms with E-state index in [1.165, 1.54) is 0 Å². The van der Waals surface area contributed by atoms with Crippen LogP contribution in [0.1, 0.15) is 13.3 Å². The van der Waals surface area contributed by atoms with Gasteiger partial charge in [-0.2, -0.15) is 0 Å². The first kappa shape index (κ1) is 13.6. The molecule has 1 unspecified atom stereocenters. The van der Waals surface area contributed by atoms with Gasteiger partial charge in [0.25, 0.3) is 0 Å². The van der Waals surface area contributed by atoms with Gasteiger partial charge in [0.1, 0.15) is 11.9 Å². The van der Waals surface area contributed by atoms with Crippen LogP contribution in [0.25, 0.3) is 0 Å². The van der Waals surface area contributed by atoms with Crippen LogP contribution in [0.5, 0.6) is 0 Å². The zero-order valence-electron chi connectivity index (χ0n) is 11.0. The zero-order chi connectivity index (χ0) is 13.7. The molecule has 0 radical (unpaired) electrons. The molecular weight excluding hydrogens is 246 g/mol. The molecule has 1 aromatic heterocycles. The van der Waals surface area contributed by atoms with E-state index in [-0.39, 0.29) is 0 Å². The molecule has 2 N–H and O–H groups in total. The third-order valence-electron chi connectivity index (χ3n) is 3.13. The van der Waals surface area contributed by atoms with Crippen LogP contribution in [-0.2, 0) is 9.53 Å². The lowest BCUT2D eigenvalue weighted by Gasteiger charge is -2.27. The summed E-state index contributed by atoms with van der Waals surface area (Å²) in [6, 6.07) is 3.20. The minimum atomic E-state index is -0.847. The van der Waals surface area contributed by atoms with Crippen LogP contribution < -0.4 is 10.2 Å². The number of aliphatic carboxylic acids is 1. The fraction of sp³-hybridized carbons (Fsp3) is 0.538. The summed E-state index contributed by atoms with van der Waals surface area (Å²) in [5, 5.41) is 11.9. The van der Waals surface area contributed by atoms with E-state index in [4.69, 9.17) is 9.84 Å². The van der Waals surface area contributed by atoms with E-state index in [1.807, 2.05) is 19.1 Å². The standard InChI is InChI=1S/C13H19N3O3/c1-2-11(13(17)18)15-10-3-4-12(14-9-10)16-5-7-19-8-6-16/h3-4,9,11,15H,2,5-8H2,1H3,(H,17,18). The number of carboxylic acids is 1. The van der Waals surface area contributed by atoms with Crippen molar-refractivity contribution in [3.05, 3.63) is 18.3 Å². The van der Waals surface area contributed by atoms with Crippen molar-refractivity contribution in [1.82, 2.24) is 4.98 Å². The Balaban J connectivity index is 1.99. The molecule has 0 amide bonds. The van der Waals surface area contributed by atoms with Crippen molar-refractivity contribution < 1.29 is 14.6 Å². The van der Waals surface area contributed by atoms with Crippen molar-refractivity contribution in [1.29, 1.82) is 0 Å². The van der Waals surface area contributed by atoms with Crippen molar-refractivity contribution in [2.75, 3.05) is 36.5 Å². The number of rotatable bonds is 5. The smallest absolute Gasteiger partial charge is 0.326 e. The van der Waals surface area contributed by atoms with Gasteiger partial charge >= 0.3 is 5.97 Å². The van der Waals surface area contributed by atoms with Crippen LogP contribution in [0.3, 0.4) is 0 Å². The monoisotopic (exact) mass is 265 g/mol. The number of carboxylic acid groups (broad SMARTS) is 1. The lowest BCUT2D eigenvalue weighted by molar-refractivity contribution is -0.137. The second-order valence-electron chi connectivity index (χ2n) is 4.45. The molecule has 6 nitrogen and oxygen atoms in total. The molecule has 0 aromatic carbocycles. The summed E-state index contributed by atoms with van der Waals surface area (Å²) < 4.78 is 5.29. The largest absolute Gasteiger partial charge is 0.480 e. The van der Waals surface area contributed by atoms with Gasteiger partial charge in [-0.1, -0.05) is 6.92 Å². The summed E-state index contributed by atoms with van der Waals surface area (Å²) in [5.74, 6) is 0.0528. The highest BCUT2D eigenvalue weighted by Crippen LogP contribution is 2.16. The number of ether oxygens (including phenoxy) is 1. The molecule has 1 atom stereocenters. The van der Waals surface area contributed by atoms with Gasteiger partial charge in [0.2, 0.25) is 0 Å². The van der Waals surface area contributed by atoms with E-state index in [0.29, 0.717) is 6.42 Å². The maximum absolute atomic E-state index is 10.9. The van der Waals surface area contributed by atoms with E-state index >= 15 is 0 Å². The minimum absolute atomic E-state index is 0.528. The lowest BCUT2D eigenvalue weighted by atomic mass is 10.2. The molecule has 1 aliphatic heterocycles. The molecule has 2 rings (SSSR count). The Morgan fingerprint density at radius 2 is 2.26 bits per heavy atom. The first-order chi connectivity index (χ1) is 9.20. The molecule has 1 saturated heterocycles. The number of anilines is 2. The van der Waals surface area contributed by atoms with Crippen molar-refractivity contribution >= 4 is 17.5 Å². The fourth-order valence-electron chi connectivity index (χ4n) is 1.99. The average Bonchev–Trinajstić information content (AvgIpc) is 2.46. The van der Waals surface area contributed by atoms with E-state index in [9.17, 15) is 4.79 Å². The Labute approximate surface area is 112 Å². The first-order valence-electron chi connectivity index (χ1n) is 6.49. The Morgan fingerprint density at radius 3 is 2.79 bits per heavy atom. The number of nitrogens with one attached hydrogen (secondary N) is 1. The molecule has 0 bridgehead atoms. The molecule has 2 heterocycles. The number of morpholine rings is 1. The topological polar surface area (TPSA) is 74.7 Å². The molecule has 0 spiro atoms. The van der Waals surface area contributed by atoms with Gasteiger partial charge in [0, 0.05) is 13.1 Å². The van der Waals surface area contributed by atoms with Crippen molar-refractivity contribution in [2.24, 2.45) is 0 Å². The predicted molar refractivity (Wildman–Crippen MR) is 72.6 cm³/mol. The zero-order valence-corrected chi connectivity index (χ0v) is 11.0. The van der Waals surface area contributed by atoms with Gasteiger partial charge in [-0.15, -0.1) is 0 Å². The third-order valence-corrected chi connectivity index (χ3v) is 3.13. The van der Waals surface area contributed by atoms with Gasteiger partial charge in [-0.25, -0.2) is 9.78 Å². The Morgan fingerprint density at radius 1 is 1.53 bits per heavy atom. The minimum Gasteiger partial charge on any atom is -0.480 e. The molecule has 0 aliphatic carbocycles. The fourth-order valence-corrected chi connectivity index (χ4v) is 1.99. The van der Waals surface area contributed by atoms with Crippen LogP contribution in [0, 0.1) is 0 Å². The maximum Gasteiger partial charge on any atom is 0.326 e. The number of nitrogens with zero attached hydrogens (tertiary/aromatic N) is 2. The normalized spacial score (nSPS) is 17.0. The van der Waals surface area contributed by atoms with Gasteiger partial charge < -0.3 is 20.1 Å². The van der Waals surface area contributed by atoms with Crippen LogP contribution in [0.2, 0.25) is 0 Å². The second kappa shape index (κ2) is 6.38. The summed E-state index contributed by atoms with van der Waals surface area (Å²) in [7, 11) is 0. The third kappa shape index (κ3) is 3.57. The quantitative estimate of drug-likeness (QED) is 0.833. The molecule has 6 heteroatoms. The molecule has 1 fully saturated rings.